The molecule has 0 N–H and O–H groups in total. The zero-order valence-corrected chi connectivity index (χ0v) is 16.6. The summed E-state index contributed by atoms with van der Waals surface area (Å²) in [6.07, 6.45) is 1.54. The highest BCUT2D eigenvalue weighted by molar-refractivity contribution is 7.24. The smallest absolute Gasteiger partial charge is 0.271 e. The van der Waals surface area contributed by atoms with Crippen LogP contribution in [0.1, 0.15) is 11.1 Å². The third-order valence-corrected chi connectivity index (χ3v) is 5.89. The average molecular weight is 400 g/mol. The molecule has 5 rings (SSSR count). The summed E-state index contributed by atoms with van der Waals surface area (Å²) in [6, 6.07) is 16.6. The lowest BCUT2D eigenvalue weighted by atomic mass is 10.1. The first-order valence-electron chi connectivity index (χ1n) is 9.14. The Hall–Kier alpha value is -3.51. The molecule has 0 aliphatic carbocycles. The molecule has 0 fully saturated rings. The van der Waals surface area contributed by atoms with Crippen LogP contribution in [0.4, 0.5) is 0 Å². The molecule has 3 heterocycles. The van der Waals surface area contributed by atoms with Crippen molar-refractivity contribution in [2.75, 3.05) is 0 Å². The summed E-state index contributed by atoms with van der Waals surface area (Å²) in [6.45, 7) is 3.94. The molecule has 0 aliphatic heterocycles. The lowest BCUT2D eigenvalue weighted by Crippen LogP contribution is -2.26. The Morgan fingerprint density at radius 3 is 2.45 bits per heavy atom. The minimum Gasteiger partial charge on any atom is -0.461 e. The second-order valence-electron chi connectivity index (χ2n) is 7.01. The number of aromatic nitrogens is 2. The van der Waals surface area contributed by atoms with E-state index in [0.717, 1.165) is 15.8 Å². The molecule has 0 atom stereocenters. The van der Waals surface area contributed by atoms with Crippen molar-refractivity contribution in [3.8, 4) is 17.3 Å². The van der Waals surface area contributed by atoms with Gasteiger partial charge in [0, 0.05) is 10.1 Å². The zero-order chi connectivity index (χ0) is 20.1. The van der Waals surface area contributed by atoms with Gasteiger partial charge in [0.1, 0.15) is 10.2 Å². The Labute approximate surface area is 169 Å². The number of furan rings is 1. The van der Waals surface area contributed by atoms with E-state index < -0.39 is 5.56 Å². The van der Waals surface area contributed by atoms with Gasteiger partial charge in [-0.1, -0.05) is 18.2 Å². The quantitative estimate of drug-likeness (QED) is 0.398. The van der Waals surface area contributed by atoms with Crippen LogP contribution in [-0.4, -0.2) is 9.55 Å². The van der Waals surface area contributed by atoms with Gasteiger partial charge in [-0.25, -0.2) is 4.98 Å². The SMILES string of the molecule is Cc1cc(C)cc(-n2c(-c3ccco3)nc3sc4ccccc4c(=O)c3c2=O)c1. The third kappa shape index (κ3) is 2.80. The van der Waals surface area contributed by atoms with E-state index >= 15 is 0 Å². The molecule has 0 unspecified atom stereocenters. The molecule has 0 amide bonds. The van der Waals surface area contributed by atoms with E-state index in [1.165, 1.54) is 15.9 Å². The minimum atomic E-state index is -0.390. The summed E-state index contributed by atoms with van der Waals surface area (Å²) in [4.78, 5) is 31.9. The minimum absolute atomic E-state index is 0.100. The molecule has 3 aromatic heterocycles. The first-order chi connectivity index (χ1) is 14.0. The lowest BCUT2D eigenvalue weighted by Gasteiger charge is -2.13. The molecule has 5 nitrogen and oxygen atoms in total. The van der Waals surface area contributed by atoms with Gasteiger partial charge in [0.2, 0.25) is 5.43 Å². The van der Waals surface area contributed by atoms with Crippen molar-refractivity contribution in [3.63, 3.8) is 0 Å². The maximum Gasteiger partial charge on any atom is 0.271 e. The van der Waals surface area contributed by atoms with Crippen molar-refractivity contribution in [2.24, 2.45) is 0 Å². The van der Waals surface area contributed by atoms with Crippen molar-refractivity contribution < 1.29 is 4.42 Å². The predicted molar refractivity (Wildman–Crippen MR) is 116 cm³/mol. The van der Waals surface area contributed by atoms with Gasteiger partial charge >= 0.3 is 0 Å². The first-order valence-corrected chi connectivity index (χ1v) is 9.96. The fraction of sp³-hybridized carbons (Fsp3) is 0.0870. The molecule has 2 aromatic carbocycles. The van der Waals surface area contributed by atoms with Crippen LogP contribution >= 0.6 is 11.3 Å². The Bertz CT molecular complexity index is 1490. The maximum absolute atomic E-state index is 13.6. The molecule has 0 radical (unpaired) electrons. The molecular formula is C23H16N2O3S. The normalized spacial score (nSPS) is 11.4. The van der Waals surface area contributed by atoms with Gasteiger partial charge in [-0.2, -0.15) is 0 Å². The van der Waals surface area contributed by atoms with Crippen LogP contribution in [0.2, 0.25) is 0 Å². The van der Waals surface area contributed by atoms with Crippen LogP contribution in [-0.2, 0) is 0 Å². The number of nitrogens with zero attached hydrogens (tertiary/aromatic N) is 2. The molecule has 142 valence electrons. The monoisotopic (exact) mass is 400 g/mol. The number of hydrogen-bond acceptors (Lipinski definition) is 5. The molecule has 5 aromatic rings. The topological polar surface area (TPSA) is 65.1 Å². The Balaban J connectivity index is 1.99. The summed E-state index contributed by atoms with van der Waals surface area (Å²) < 4.78 is 7.84. The van der Waals surface area contributed by atoms with Gasteiger partial charge in [-0.3, -0.25) is 14.2 Å². The lowest BCUT2D eigenvalue weighted by molar-refractivity contribution is 0.574. The summed E-state index contributed by atoms with van der Waals surface area (Å²) >= 11 is 1.34. The highest BCUT2D eigenvalue weighted by Gasteiger charge is 2.20. The van der Waals surface area contributed by atoms with Crippen LogP contribution in [0.15, 0.2) is 74.9 Å². The molecule has 0 aliphatic rings. The van der Waals surface area contributed by atoms with Gasteiger partial charge in [0.15, 0.2) is 11.6 Å². The first kappa shape index (κ1) is 17.6. The van der Waals surface area contributed by atoms with Crippen molar-refractivity contribution >= 4 is 31.6 Å². The summed E-state index contributed by atoms with van der Waals surface area (Å²) in [5.41, 5.74) is 2.00. The molecule has 0 saturated heterocycles. The number of benzene rings is 2. The van der Waals surface area contributed by atoms with Crippen LogP contribution in [0.3, 0.4) is 0 Å². The number of aryl methyl sites for hydroxylation is 2. The molecule has 6 heteroatoms. The largest absolute Gasteiger partial charge is 0.461 e. The highest BCUT2D eigenvalue weighted by Crippen LogP contribution is 2.27. The van der Waals surface area contributed by atoms with Crippen LogP contribution in [0, 0.1) is 13.8 Å². The predicted octanol–water partition coefficient (Wildman–Crippen LogP) is 4.84. The third-order valence-electron chi connectivity index (χ3n) is 4.82. The van der Waals surface area contributed by atoms with Gasteiger partial charge in [0.05, 0.1) is 12.0 Å². The van der Waals surface area contributed by atoms with Crippen LogP contribution < -0.4 is 11.0 Å². The number of rotatable bonds is 2. The van der Waals surface area contributed by atoms with E-state index in [1.807, 2.05) is 44.2 Å². The average Bonchev–Trinajstić information content (AvgIpc) is 3.21. The Morgan fingerprint density at radius 2 is 1.72 bits per heavy atom. The number of fused-ring (bicyclic) bond motifs is 2. The molecule has 29 heavy (non-hydrogen) atoms. The Kier molecular flexibility index (Phi) is 3.96. The van der Waals surface area contributed by atoms with Crippen LogP contribution in [0.5, 0.6) is 0 Å². The Morgan fingerprint density at radius 1 is 0.966 bits per heavy atom. The second-order valence-corrected chi connectivity index (χ2v) is 8.04. The van der Waals surface area contributed by atoms with Gasteiger partial charge in [-0.15, -0.1) is 11.3 Å². The molecule has 0 saturated carbocycles. The summed E-state index contributed by atoms with van der Waals surface area (Å²) in [5, 5.41) is 0.629. The highest BCUT2D eigenvalue weighted by atomic mass is 32.1. The fourth-order valence-electron chi connectivity index (χ4n) is 3.64. The van der Waals surface area contributed by atoms with Crippen molar-refractivity contribution in [3.05, 3.63) is 92.6 Å². The van der Waals surface area contributed by atoms with Gasteiger partial charge in [0.25, 0.3) is 5.56 Å². The van der Waals surface area contributed by atoms with E-state index in [9.17, 15) is 9.59 Å². The van der Waals surface area contributed by atoms with E-state index in [2.05, 4.69) is 0 Å². The standard InChI is InChI=1S/C23H16N2O3S/c1-13-10-14(2)12-15(11-13)25-21(17-7-5-9-28-17)24-22-19(23(25)27)20(26)16-6-3-4-8-18(16)29-22/h3-12H,1-2H3. The van der Waals surface area contributed by atoms with Gasteiger partial charge < -0.3 is 4.42 Å². The molecule has 0 spiro atoms. The zero-order valence-electron chi connectivity index (χ0n) is 15.8. The van der Waals surface area contributed by atoms with Crippen molar-refractivity contribution in [1.82, 2.24) is 9.55 Å². The van der Waals surface area contributed by atoms with E-state index in [0.29, 0.717) is 27.5 Å². The molecular weight excluding hydrogens is 384 g/mol. The van der Waals surface area contributed by atoms with Crippen LogP contribution in [0.25, 0.3) is 37.6 Å². The van der Waals surface area contributed by atoms with E-state index in [-0.39, 0.29) is 10.8 Å². The number of hydrogen-bond donors (Lipinski definition) is 0. The summed E-state index contributed by atoms with van der Waals surface area (Å²) in [5.74, 6) is 0.847. The molecule has 0 bridgehead atoms. The van der Waals surface area contributed by atoms with Crippen molar-refractivity contribution in [2.45, 2.75) is 13.8 Å². The fourth-order valence-corrected chi connectivity index (χ4v) is 4.68. The van der Waals surface area contributed by atoms with Gasteiger partial charge in [-0.05, 0) is 61.4 Å². The van der Waals surface area contributed by atoms with E-state index in [1.54, 1.807) is 30.5 Å². The second kappa shape index (κ2) is 6.53. The maximum atomic E-state index is 13.6. The summed E-state index contributed by atoms with van der Waals surface area (Å²) in [7, 11) is 0. The van der Waals surface area contributed by atoms with E-state index in [4.69, 9.17) is 9.40 Å². The van der Waals surface area contributed by atoms with Crippen molar-refractivity contribution in [1.29, 1.82) is 0 Å².